The highest BCUT2D eigenvalue weighted by Crippen LogP contribution is 2.24. The van der Waals surface area contributed by atoms with Crippen LogP contribution in [0.4, 0.5) is 11.4 Å². The maximum Gasteiger partial charge on any atom is 0.326 e. The van der Waals surface area contributed by atoms with E-state index >= 15 is 0 Å². The number of carbonyl (C=O) groups is 3. The number of carbonyl (C=O) groups excluding carboxylic acids is 2. The fourth-order valence-electron chi connectivity index (χ4n) is 4.67. The minimum atomic E-state index is -1.03. The number of hydrogen-bond acceptors (Lipinski definition) is 6. The monoisotopic (exact) mass is 592 g/mol. The summed E-state index contributed by atoms with van der Waals surface area (Å²) in [5.41, 5.74) is 3.34. The van der Waals surface area contributed by atoms with Crippen molar-refractivity contribution in [3.8, 4) is 11.5 Å². The molecule has 0 heterocycles. The zero-order chi connectivity index (χ0) is 31.5. The molecule has 1 unspecified atom stereocenters. The van der Waals surface area contributed by atoms with Crippen LogP contribution in [0.2, 0.25) is 0 Å². The fraction of sp³-hybridized carbons (Fsp3) is 0.194. The van der Waals surface area contributed by atoms with Crippen molar-refractivity contribution < 1.29 is 29.0 Å². The van der Waals surface area contributed by atoms with E-state index < -0.39 is 12.0 Å². The molecule has 226 valence electrons. The molecular weight excluding hydrogens is 556 g/mol. The van der Waals surface area contributed by atoms with E-state index in [9.17, 15) is 19.5 Å². The van der Waals surface area contributed by atoms with Crippen molar-refractivity contribution in [2.75, 3.05) is 30.5 Å². The van der Waals surface area contributed by atoms with E-state index in [1.54, 1.807) is 85.7 Å². The van der Waals surface area contributed by atoms with Crippen molar-refractivity contribution >= 4 is 29.0 Å². The fourth-order valence-corrected chi connectivity index (χ4v) is 4.67. The van der Waals surface area contributed by atoms with Crippen molar-refractivity contribution in [3.05, 3.63) is 132 Å². The minimum absolute atomic E-state index is 0.170. The smallest absolute Gasteiger partial charge is 0.326 e. The van der Waals surface area contributed by atoms with Crippen LogP contribution in [0.5, 0.6) is 11.5 Å². The molecule has 0 bridgehead atoms. The summed E-state index contributed by atoms with van der Waals surface area (Å²) in [5, 5.41) is 13.0. The molecule has 4 aromatic rings. The number of ketones is 1. The predicted octanol–water partition coefficient (Wildman–Crippen LogP) is 6.41. The van der Waals surface area contributed by atoms with Crippen LogP contribution >= 0.6 is 0 Å². The molecule has 0 aromatic heterocycles. The molecule has 1 amide bonds. The number of ether oxygens (including phenoxy) is 2. The molecule has 0 spiro atoms. The van der Waals surface area contributed by atoms with Crippen molar-refractivity contribution in [2.45, 2.75) is 25.8 Å². The molecule has 0 saturated carbocycles. The van der Waals surface area contributed by atoms with Gasteiger partial charge in [-0.15, -0.1) is 0 Å². The summed E-state index contributed by atoms with van der Waals surface area (Å²) >= 11 is 0. The maximum absolute atomic E-state index is 13.1. The lowest BCUT2D eigenvalue weighted by molar-refractivity contribution is -0.137. The number of carboxylic acids is 1. The topological polar surface area (TPSA) is 105 Å². The average molecular weight is 593 g/mol. The van der Waals surface area contributed by atoms with E-state index in [0.717, 1.165) is 11.3 Å². The number of hydrogen-bond donors (Lipinski definition) is 2. The van der Waals surface area contributed by atoms with Gasteiger partial charge in [0, 0.05) is 47.1 Å². The number of methoxy groups -OCH3 is 1. The largest absolute Gasteiger partial charge is 0.497 e. The first-order valence-electron chi connectivity index (χ1n) is 14.3. The molecule has 0 fully saturated rings. The van der Waals surface area contributed by atoms with Crippen LogP contribution in [0.15, 0.2) is 115 Å². The van der Waals surface area contributed by atoms with Gasteiger partial charge in [0.1, 0.15) is 17.5 Å². The normalized spacial score (nSPS) is 11.2. The third kappa shape index (κ3) is 8.35. The lowest BCUT2D eigenvalue weighted by Gasteiger charge is -2.23. The van der Waals surface area contributed by atoms with Gasteiger partial charge >= 0.3 is 5.97 Å². The van der Waals surface area contributed by atoms with E-state index in [0.29, 0.717) is 53.5 Å². The SMILES string of the molecule is C=C(C)C(=O)N(CCCOc1ccc(CC(Nc2ccccc2C(=O)c2ccccc2)C(=O)O)cc1)c1cccc(OC)c1. The van der Waals surface area contributed by atoms with Crippen LogP contribution in [0.3, 0.4) is 0 Å². The molecule has 0 aliphatic heterocycles. The third-order valence-corrected chi connectivity index (χ3v) is 6.97. The second-order valence-corrected chi connectivity index (χ2v) is 10.3. The maximum atomic E-state index is 13.1. The van der Waals surface area contributed by atoms with Crippen LogP contribution in [0.1, 0.15) is 34.8 Å². The van der Waals surface area contributed by atoms with Crippen molar-refractivity contribution in [3.63, 3.8) is 0 Å². The summed E-state index contributed by atoms with van der Waals surface area (Å²) in [6.07, 6.45) is 0.770. The average Bonchev–Trinajstić information content (AvgIpc) is 3.05. The predicted molar refractivity (Wildman–Crippen MR) is 172 cm³/mol. The molecule has 1 atom stereocenters. The Morgan fingerprint density at radius 2 is 1.59 bits per heavy atom. The first-order chi connectivity index (χ1) is 21.3. The highest BCUT2D eigenvalue weighted by Gasteiger charge is 2.22. The summed E-state index contributed by atoms with van der Waals surface area (Å²) in [6, 6.07) is 29.4. The van der Waals surface area contributed by atoms with Gasteiger partial charge < -0.3 is 24.8 Å². The Hall–Kier alpha value is -5.37. The number of anilines is 2. The molecule has 8 nitrogen and oxygen atoms in total. The Balaban J connectivity index is 1.35. The van der Waals surface area contributed by atoms with Crippen LogP contribution in [-0.2, 0) is 16.0 Å². The number of nitrogens with one attached hydrogen (secondary N) is 1. The molecular formula is C36H36N2O6. The van der Waals surface area contributed by atoms with Crippen LogP contribution in [0.25, 0.3) is 0 Å². The van der Waals surface area contributed by atoms with E-state index in [-0.39, 0.29) is 18.1 Å². The van der Waals surface area contributed by atoms with Crippen LogP contribution in [0, 0.1) is 0 Å². The van der Waals surface area contributed by atoms with Crippen LogP contribution < -0.4 is 19.7 Å². The Labute approximate surface area is 257 Å². The summed E-state index contributed by atoms with van der Waals surface area (Å²) < 4.78 is 11.2. The molecule has 0 saturated heterocycles. The van der Waals surface area contributed by atoms with Crippen molar-refractivity contribution in [1.82, 2.24) is 0 Å². The highest BCUT2D eigenvalue weighted by molar-refractivity contribution is 6.12. The number of rotatable bonds is 15. The molecule has 0 radical (unpaired) electrons. The zero-order valence-electron chi connectivity index (χ0n) is 24.9. The number of aliphatic carboxylic acids is 1. The standard InChI is InChI=1S/C36H36N2O6/c1-25(2)35(40)38(28-13-9-14-30(24-28)43-3)21-10-22-44-29-19-17-26(18-20-29)23-33(36(41)42)37-32-16-8-7-15-31(32)34(39)27-11-5-4-6-12-27/h4-9,11-20,24,33,37H,1,10,21-23H2,2-3H3,(H,41,42). The molecule has 0 aliphatic rings. The minimum Gasteiger partial charge on any atom is -0.497 e. The zero-order valence-corrected chi connectivity index (χ0v) is 24.9. The quantitative estimate of drug-likeness (QED) is 0.0933. The molecule has 44 heavy (non-hydrogen) atoms. The summed E-state index contributed by atoms with van der Waals surface area (Å²) in [4.78, 5) is 39.7. The second-order valence-electron chi connectivity index (χ2n) is 10.3. The molecule has 4 aromatic carbocycles. The number of amides is 1. The first-order valence-corrected chi connectivity index (χ1v) is 14.3. The van der Waals surface area contributed by atoms with Gasteiger partial charge in [-0.05, 0) is 55.3 Å². The third-order valence-electron chi connectivity index (χ3n) is 6.97. The van der Waals surface area contributed by atoms with Gasteiger partial charge in [0.15, 0.2) is 5.78 Å². The summed E-state index contributed by atoms with van der Waals surface area (Å²) in [6.45, 7) is 6.28. The second kappa shape index (κ2) is 15.2. The first kappa shape index (κ1) is 31.6. The van der Waals surface area contributed by atoms with Gasteiger partial charge in [0.2, 0.25) is 0 Å². The molecule has 4 rings (SSSR count). The highest BCUT2D eigenvalue weighted by atomic mass is 16.5. The Morgan fingerprint density at radius 1 is 0.886 bits per heavy atom. The lowest BCUT2D eigenvalue weighted by Crippen LogP contribution is -2.33. The molecule has 8 heteroatoms. The van der Waals surface area contributed by atoms with Crippen LogP contribution in [-0.4, -0.2) is 49.1 Å². The molecule has 0 aliphatic carbocycles. The van der Waals surface area contributed by atoms with Crippen molar-refractivity contribution in [1.29, 1.82) is 0 Å². The Bertz CT molecular complexity index is 1600. The van der Waals surface area contributed by atoms with Gasteiger partial charge in [-0.2, -0.15) is 0 Å². The van der Waals surface area contributed by atoms with Gasteiger partial charge in [-0.1, -0.05) is 67.2 Å². The molecule has 2 N–H and O–H groups in total. The van der Waals surface area contributed by atoms with Gasteiger partial charge in [-0.3, -0.25) is 9.59 Å². The summed E-state index contributed by atoms with van der Waals surface area (Å²) in [7, 11) is 1.58. The Kier molecular flexibility index (Phi) is 10.9. The van der Waals surface area contributed by atoms with Gasteiger partial charge in [-0.25, -0.2) is 4.79 Å². The van der Waals surface area contributed by atoms with Crippen molar-refractivity contribution in [2.24, 2.45) is 0 Å². The lowest BCUT2D eigenvalue weighted by atomic mass is 10.00. The van der Waals surface area contributed by atoms with Gasteiger partial charge in [0.25, 0.3) is 5.91 Å². The number of para-hydroxylation sites is 1. The van der Waals surface area contributed by atoms with Gasteiger partial charge in [0.05, 0.1) is 13.7 Å². The Morgan fingerprint density at radius 3 is 2.27 bits per heavy atom. The number of benzene rings is 4. The number of nitrogens with zero attached hydrogens (tertiary/aromatic N) is 1. The number of carboxylic acid groups (broad SMARTS) is 1. The summed E-state index contributed by atoms with van der Waals surface area (Å²) in [5.74, 6) is -0.0986. The van der Waals surface area contributed by atoms with E-state index in [1.807, 2.05) is 36.4 Å². The van der Waals surface area contributed by atoms with E-state index in [2.05, 4.69) is 11.9 Å². The van der Waals surface area contributed by atoms with E-state index in [4.69, 9.17) is 9.47 Å². The van der Waals surface area contributed by atoms with E-state index in [1.165, 1.54) is 0 Å².